The van der Waals surface area contributed by atoms with Gasteiger partial charge < -0.3 is 30.9 Å². The number of nitrogens with one attached hydrogen (secondary N) is 2. The molecule has 1 fully saturated rings. The maximum absolute atomic E-state index is 16.3. The van der Waals surface area contributed by atoms with E-state index in [1.807, 2.05) is 27.7 Å². The SMILES string of the molecule is CC.CC.Cc1c(F)c(N)cc(-c2nc3c4c(nc(OCC5(CO)CC5(F)F)nc4c2F)NCCNCCC(C)O3)c1C(F)(F)F. The lowest BCUT2D eigenvalue weighted by Gasteiger charge is -2.21. The fourth-order valence-electron chi connectivity index (χ4n) is 4.85. The number of nitrogens with two attached hydrogens (primary N) is 1. The highest BCUT2D eigenvalue weighted by atomic mass is 19.4. The first kappa shape index (κ1) is 36.8. The number of aromatic nitrogens is 3. The minimum atomic E-state index is -5.13. The van der Waals surface area contributed by atoms with Gasteiger partial charge in [0, 0.05) is 25.1 Å². The molecule has 0 spiro atoms. The van der Waals surface area contributed by atoms with Gasteiger partial charge in [-0.1, -0.05) is 27.7 Å². The standard InChI is InChI=1S/C26H27F7N6O3.2C2H6/c1-11-3-4-35-5-6-36-21-15-20(38-23(39-21)41-10-24(9-40)8-25(24,29)30)18(28)19(37-22(15)42-11)13-7-14(34)17(27)12(2)16(13)26(31,32)33;2*1-2/h7,11,35,40H,3-6,8-10,34H2,1-2H3,(H,36,38,39);2*1-2H3. The van der Waals surface area contributed by atoms with Crippen LogP contribution in [0.15, 0.2) is 6.07 Å². The second-order valence-corrected chi connectivity index (χ2v) is 10.5. The summed E-state index contributed by atoms with van der Waals surface area (Å²) in [6.07, 6.45) is -5.89. The van der Waals surface area contributed by atoms with Crippen LogP contribution in [0.3, 0.4) is 0 Å². The molecule has 5 rings (SSSR count). The van der Waals surface area contributed by atoms with E-state index in [0.717, 1.165) is 6.92 Å². The van der Waals surface area contributed by atoms with E-state index in [2.05, 4.69) is 25.6 Å². The van der Waals surface area contributed by atoms with Crippen molar-refractivity contribution in [2.75, 3.05) is 43.9 Å². The third kappa shape index (κ3) is 7.17. The molecular weight excluding hydrogens is 625 g/mol. The first-order chi connectivity index (χ1) is 21.7. The number of ether oxygens (including phenoxy) is 2. The van der Waals surface area contributed by atoms with Gasteiger partial charge in [-0.2, -0.15) is 23.1 Å². The summed E-state index contributed by atoms with van der Waals surface area (Å²) >= 11 is 0. The molecule has 1 saturated carbocycles. The number of nitrogens with zero attached hydrogens (tertiary/aromatic N) is 3. The highest BCUT2D eigenvalue weighted by Crippen LogP contribution is 2.60. The van der Waals surface area contributed by atoms with Gasteiger partial charge in [-0.15, -0.1) is 0 Å². The zero-order valence-electron chi connectivity index (χ0n) is 26.4. The zero-order chi connectivity index (χ0) is 34.6. The van der Waals surface area contributed by atoms with Crippen molar-refractivity contribution >= 4 is 22.4 Å². The molecule has 256 valence electrons. The van der Waals surface area contributed by atoms with Gasteiger partial charge in [0.05, 0.1) is 29.4 Å². The van der Waals surface area contributed by atoms with Gasteiger partial charge in [0.1, 0.15) is 34.8 Å². The summed E-state index contributed by atoms with van der Waals surface area (Å²) in [5, 5.41) is 15.5. The monoisotopic (exact) mass is 664 g/mol. The molecule has 9 nitrogen and oxygen atoms in total. The second kappa shape index (κ2) is 14.4. The highest BCUT2D eigenvalue weighted by molar-refractivity contribution is 5.96. The number of rotatable bonds is 5. The normalized spacial score (nSPS) is 20.5. The number of aliphatic hydroxyl groups is 1. The summed E-state index contributed by atoms with van der Waals surface area (Å²) in [6, 6.07) is 0.0512. The van der Waals surface area contributed by atoms with Crippen molar-refractivity contribution in [2.45, 2.75) is 72.6 Å². The van der Waals surface area contributed by atoms with E-state index in [1.54, 1.807) is 6.92 Å². The van der Waals surface area contributed by atoms with Gasteiger partial charge in [-0.05, 0) is 38.4 Å². The minimum Gasteiger partial charge on any atom is -0.474 e. The van der Waals surface area contributed by atoms with E-state index in [1.165, 1.54) is 0 Å². The van der Waals surface area contributed by atoms with Gasteiger partial charge in [-0.25, -0.2) is 22.5 Å². The highest BCUT2D eigenvalue weighted by Gasteiger charge is 2.71. The van der Waals surface area contributed by atoms with Crippen molar-refractivity contribution in [1.29, 1.82) is 0 Å². The Bertz CT molecular complexity index is 1540. The summed E-state index contributed by atoms with van der Waals surface area (Å²) in [5.74, 6) is -6.28. The molecule has 2 atom stereocenters. The molecule has 2 aromatic heterocycles. The average molecular weight is 665 g/mol. The third-order valence-corrected chi connectivity index (χ3v) is 7.42. The van der Waals surface area contributed by atoms with Crippen molar-refractivity contribution in [3.05, 3.63) is 28.8 Å². The van der Waals surface area contributed by atoms with E-state index in [-0.39, 0.29) is 23.6 Å². The van der Waals surface area contributed by atoms with Crippen molar-refractivity contribution in [2.24, 2.45) is 5.41 Å². The number of benzene rings is 1. The van der Waals surface area contributed by atoms with E-state index in [4.69, 9.17) is 15.2 Å². The van der Waals surface area contributed by atoms with E-state index >= 15 is 4.39 Å². The van der Waals surface area contributed by atoms with Crippen molar-refractivity contribution in [1.82, 2.24) is 20.3 Å². The van der Waals surface area contributed by atoms with E-state index in [0.29, 0.717) is 25.6 Å². The molecule has 0 radical (unpaired) electrons. The summed E-state index contributed by atoms with van der Waals surface area (Å²) in [7, 11) is 0. The molecule has 46 heavy (non-hydrogen) atoms. The molecule has 2 aliphatic rings. The first-order valence-corrected chi connectivity index (χ1v) is 15.0. The Kier molecular flexibility index (Phi) is 11.5. The maximum atomic E-state index is 16.3. The number of anilines is 2. The Hall–Kier alpha value is -3.66. The van der Waals surface area contributed by atoms with Crippen LogP contribution in [0.2, 0.25) is 0 Å². The molecule has 5 N–H and O–H groups in total. The van der Waals surface area contributed by atoms with E-state index < -0.39 is 94.5 Å². The predicted octanol–water partition coefficient (Wildman–Crippen LogP) is 6.50. The van der Waals surface area contributed by atoms with Crippen LogP contribution in [-0.2, 0) is 6.18 Å². The second-order valence-electron chi connectivity index (χ2n) is 10.5. The molecule has 0 amide bonds. The zero-order valence-corrected chi connectivity index (χ0v) is 26.4. The minimum absolute atomic E-state index is 0.0784. The molecule has 1 aliphatic heterocycles. The van der Waals surface area contributed by atoms with Crippen LogP contribution in [0.5, 0.6) is 11.9 Å². The summed E-state index contributed by atoms with van der Waals surface area (Å²) in [4.78, 5) is 12.3. The van der Waals surface area contributed by atoms with Crippen molar-refractivity contribution < 1.29 is 45.3 Å². The van der Waals surface area contributed by atoms with Gasteiger partial charge in [0.15, 0.2) is 5.82 Å². The van der Waals surface area contributed by atoms with Gasteiger partial charge in [0.2, 0.25) is 5.88 Å². The lowest BCUT2D eigenvalue weighted by molar-refractivity contribution is -0.137. The molecule has 1 aliphatic carbocycles. The molecule has 2 unspecified atom stereocenters. The van der Waals surface area contributed by atoms with Crippen LogP contribution in [0.25, 0.3) is 22.2 Å². The van der Waals surface area contributed by atoms with Crippen molar-refractivity contribution in [3.8, 4) is 23.1 Å². The topological polar surface area (TPSA) is 127 Å². The Balaban J connectivity index is 0.00000139. The van der Waals surface area contributed by atoms with Gasteiger partial charge in [0.25, 0.3) is 5.92 Å². The smallest absolute Gasteiger partial charge is 0.417 e. The lowest BCUT2D eigenvalue weighted by atomic mass is 9.96. The van der Waals surface area contributed by atoms with E-state index in [9.17, 15) is 31.4 Å². The number of hydrogen-bond donors (Lipinski definition) is 4. The Morgan fingerprint density at radius 2 is 1.72 bits per heavy atom. The largest absolute Gasteiger partial charge is 0.474 e. The van der Waals surface area contributed by atoms with Gasteiger partial charge in [-0.3, -0.25) is 0 Å². The molecular formula is C30H39F7N6O3. The Morgan fingerprint density at radius 1 is 1.07 bits per heavy atom. The number of alkyl halides is 5. The van der Waals surface area contributed by atoms with Crippen LogP contribution >= 0.6 is 0 Å². The van der Waals surface area contributed by atoms with Gasteiger partial charge >= 0.3 is 12.2 Å². The molecule has 1 aromatic carbocycles. The third-order valence-electron chi connectivity index (χ3n) is 7.42. The molecule has 0 saturated heterocycles. The Labute approximate surface area is 262 Å². The maximum Gasteiger partial charge on any atom is 0.417 e. The summed E-state index contributed by atoms with van der Waals surface area (Å²) < 4.78 is 112. The van der Waals surface area contributed by atoms with Crippen LogP contribution < -0.4 is 25.8 Å². The van der Waals surface area contributed by atoms with Crippen LogP contribution in [-0.4, -0.2) is 64.9 Å². The summed E-state index contributed by atoms with van der Waals surface area (Å²) in [6.45, 7) is 10.1. The number of hydrogen-bond acceptors (Lipinski definition) is 9. The fraction of sp³-hybridized carbons (Fsp3) is 0.567. The van der Waals surface area contributed by atoms with Crippen LogP contribution in [0.1, 0.15) is 58.6 Å². The predicted molar refractivity (Wildman–Crippen MR) is 160 cm³/mol. The van der Waals surface area contributed by atoms with Crippen LogP contribution in [0, 0.1) is 24.0 Å². The van der Waals surface area contributed by atoms with Crippen molar-refractivity contribution in [3.63, 3.8) is 0 Å². The molecule has 0 bridgehead atoms. The molecule has 3 aromatic rings. The average Bonchev–Trinajstić information content (AvgIpc) is 3.59. The number of aliphatic hydroxyl groups excluding tert-OH is 1. The number of halogens is 7. The molecule has 3 heterocycles. The summed E-state index contributed by atoms with van der Waals surface area (Å²) in [5.41, 5.74) is -1.58. The lowest BCUT2D eigenvalue weighted by Crippen LogP contribution is -2.26. The Morgan fingerprint density at radius 3 is 2.30 bits per heavy atom. The van der Waals surface area contributed by atoms with Crippen LogP contribution in [0.4, 0.5) is 42.2 Å². The quantitative estimate of drug-likeness (QED) is 0.179. The number of nitrogen functional groups attached to an aromatic ring is 1. The number of pyridine rings is 1. The first-order valence-electron chi connectivity index (χ1n) is 15.0. The fourth-order valence-corrected chi connectivity index (χ4v) is 4.85. The molecule has 16 heteroatoms.